The number of hydrogen-bond donors (Lipinski definition) is 0. The summed E-state index contributed by atoms with van der Waals surface area (Å²) in [5, 5.41) is 0. The summed E-state index contributed by atoms with van der Waals surface area (Å²) in [6.45, 7) is 3.19. The topological polar surface area (TPSA) is 38.1 Å². The fraction of sp³-hybridized carbons (Fsp3) is 0.524. The molecule has 150 valence electrons. The lowest BCUT2D eigenvalue weighted by Crippen LogP contribution is -2.39. The number of hydrogen-bond acceptors (Lipinski definition) is 2. The summed E-state index contributed by atoms with van der Waals surface area (Å²) in [5.74, 6) is 1.29. The quantitative estimate of drug-likeness (QED) is 0.699. The van der Waals surface area contributed by atoms with Crippen molar-refractivity contribution >= 4 is 16.9 Å². The van der Waals surface area contributed by atoms with E-state index in [0.717, 1.165) is 49.2 Å². The minimum atomic E-state index is -4.37. The van der Waals surface area contributed by atoms with Crippen molar-refractivity contribution in [2.75, 3.05) is 13.1 Å². The summed E-state index contributed by atoms with van der Waals surface area (Å²) in [6, 6.07) is 3.90. The Morgan fingerprint density at radius 3 is 2.61 bits per heavy atom. The van der Waals surface area contributed by atoms with E-state index in [9.17, 15) is 18.0 Å². The van der Waals surface area contributed by atoms with E-state index < -0.39 is 11.7 Å². The van der Waals surface area contributed by atoms with Gasteiger partial charge in [-0.2, -0.15) is 13.2 Å². The van der Waals surface area contributed by atoms with Crippen LogP contribution in [0.5, 0.6) is 0 Å². The highest BCUT2D eigenvalue weighted by atomic mass is 19.4. The van der Waals surface area contributed by atoms with Crippen molar-refractivity contribution in [2.24, 2.45) is 5.92 Å². The maximum Gasteiger partial charge on any atom is 0.416 e. The molecule has 4 nitrogen and oxygen atoms in total. The summed E-state index contributed by atoms with van der Waals surface area (Å²) in [7, 11) is 0. The summed E-state index contributed by atoms with van der Waals surface area (Å²) < 4.78 is 40.9. The number of likely N-dealkylation sites (tertiary alicyclic amines) is 1. The minimum Gasteiger partial charge on any atom is -0.343 e. The number of benzene rings is 1. The van der Waals surface area contributed by atoms with Gasteiger partial charge < -0.3 is 9.47 Å². The molecule has 1 unspecified atom stereocenters. The molecule has 1 aromatic heterocycles. The smallest absolute Gasteiger partial charge is 0.343 e. The Bertz CT molecular complexity index is 907. The van der Waals surface area contributed by atoms with Gasteiger partial charge in [-0.25, -0.2) is 4.98 Å². The molecule has 0 N–H and O–H groups in total. The Morgan fingerprint density at radius 1 is 1.21 bits per heavy atom. The average Bonchev–Trinajstić information content (AvgIpc) is 3.27. The number of fused-ring (bicyclic) bond motifs is 1. The van der Waals surface area contributed by atoms with Gasteiger partial charge in [0, 0.05) is 25.6 Å². The molecule has 28 heavy (non-hydrogen) atoms. The molecule has 1 fully saturated rings. The summed E-state index contributed by atoms with van der Waals surface area (Å²) >= 11 is 0. The number of piperidine rings is 1. The fourth-order valence-electron chi connectivity index (χ4n) is 4.45. The minimum absolute atomic E-state index is 0.150. The molecule has 0 bridgehead atoms. The van der Waals surface area contributed by atoms with Crippen LogP contribution in [-0.4, -0.2) is 33.4 Å². The first-order valence-corrected chi connectivity index (χ1v) is 9.83. The average molecular weight is 391 g/mol. The highest BCUT2D eigenvalue weighted by Crippen LogP contribution is 2.34. The zero-order valence-electron chi connectivity index (χ0n) is 15.9. The maximum absolute atomic E-state index is 13.0. The number of aryl methyl sites for hydroxylation is 1. The Hall–Kier alpha value is -2.31. The van der Waals surface area contributed by atoms with Crippen molar-refractivity contribution in [1.29, 1.82) is 0 Å². The predicted octanol–water partition coefficient (Wildman–Crippen LogP) is 4.88. The Balaban J connectivity index is 1.47. The van der Waals surface area contributed by atoms with Gasteiger partial charge >= 0.3 is 6.18 Å². The third kappa shape index (κ3) is 3.66. The molecule has 1 amide bonds. The highest BCUT2D eigenvalue weighted by Gasteiger charge is 2.32. The van der Waals surface area contributed by atoms with Gasteiger partial charge in [0.2, 0.25) is 5.91 Å². The number of halogens is 3. The van der Waals surface area contributed by atoms with Crippen LogP contribution in [0.4, 0.5) is 13.2 Å². The molecule has 7 heteroatoms. The van der Waals surface area contributed by atoms with Crippen LogP contribution in [0.1, 0.15) is 49.5 Å². The molecule has 2 aromatic rings. The normalized spacial score (nSPS) is 21.0. The molecule has 2 heterocycles. The third-order valence-electron chi connectivity index (χ3n) is 5.92. The Kier molecular flexibility index (Phi) is 4.93. The van der Waals surface area contributed by atoms with Gasteiger partial charge in [0.25, 0.3) is 0 Å². The number of carbonyl (C=O) groups excluding carboxylic acids is 1. The first-order chi connectivity index (χ1) is 13.3. The Morgan fingerprint density at radius 2 is 1.96 bits per heavy atom. The van der Waals surface area contributed by atoms with Crippen molar-refractivity contribution in [2.45, 2.75) is 51.2 Å². The second-order valence-corrected chi connectivity index (χ2v) is 7.81. The van der Waals surface area contributed by atoms with Crippen molar-refractivity contribution in [3.05, 3.63) is 41.7 Å². The molecule has 0 spiro atoms. The molecule has 0 saturated carbocycles. The van der Waals surface area contributed by atoms with Gasteiger partial charge in [-0.15, -0.1) is 0 Å². The lowest BCUT2D eigenvalue weighted by atomic mass is 10.0. The zero-order chi connectivity index (χ0) is 19.9. The van der Waals surface area contributed by atoms with Gasteiger partial charge in [-0.3, -0.25) is 4.79 Å². The molecule has 1 aliphatic heterocycles. The first kappa shape index (κ1) is 19.0. The second kappa shape index (κ2) is 7.26. The van der Waals surface area contributed by atoms with E-state index >= 15 is 0 Å². The molecule has 1 aromatic carbocycles. The van der Waals surface area contributed by atoms with Crippen LogP contribution in [0.2, 0.25) is 0 Å². The third-order valence-corrected chi connectivity index (χ3v) is 5.92. The molecule has 1 saturated heterocycles. The number of rotatable bonds is 3. The van der Waals surface area contributed by atoms with E-state index in [1.807, 2.05) is 16.4 Å². The van der Waals surface area contributed by atoms with Crippen LogP contribution in [0, 0.1) is 12.8 Å². The summed E-state index contributed by atoms with van der Waals surface area (Å²) in [5.41, 5.74) is 0.427. The van der Waals surface area contributed by atoms with Gasteiger partial charge in [-0.05, 0) is 56.7 Å². The van der Waals surface area contributed by atoms with Crippen LogP contribution in [0.3, 0.4) is 0 Å². The first-order valence-electron chi connectivity index (χ1n) is 9.83. The molecule has 1 atom stereocenters. The SMILES string of the molecule is Cc1nc2cc(C(F)(F)F)ccc2n1C1CCN(C(=O)CC2C=CCC2)CC1. The van der Waals surface area contributed by atoms with Crippen molar-refractivity contribution in [3.63, 3.8) is 0 Å². The van der Waals surface area contributed by atoms with Crippen LogP contribution in [0.15, 0.2) is 30.4 Å². The number of aromatic nitrogens is 2. The van der Waals surface area contributed by atoms with E-state index in [2.05, 4.69) is 17.1 Å². The highest BCUT2D eigenvalue weighted by molar-refractivity contribution is 5.78. The van der Waals surface area contributed by atoms with Gasteiger partial charge in [0.15, 0.2) is 0 Å². The molecular formula is C21H24F3N3O. The summed E-state index contributed by atoms with van der Waals surface area (Å²) in [4.78, 5) is 18.8. The van der Waals surface area contributed by atoms with Crippen molar-refractivity contribution in [1.82, 2.24) is 14.5 Å². The molecule has 4 rings (SSSR count). The number of alkyl halides is 3. The van der Waals surface area contributed by atoms with Crippen LogP contribution < -0.4 is 0 Å². The molecule has 0 radical (unpaired) electrons. The second-order valence-electron chi connectivity index (χ2n) is 7.81. The van der Waals surface area contributed by atoms with Crippen LogP contribution >= 0.6 is 0 Å². The van der Waals surface area contributed by atoms with Gasteiger partial charge in [-0.1, -0.05) is 12.2 Å². The number of allylic oxidation sites excluding steroid dienone is 2. The van der Waals surface area contributed by atoms with Gasteiger partial charge in [0.05, 0.1) is 16.6 Å². The molecule has 1 aliphatic carbocycles. The van der Waals surface area contributed by atoms with Crippen LogP contribution in [0.25, 0.3) is 11.0 Å². The molecule has 2 aliphatic rings. The monoisotopic (exact) mass is 391 g/mol. The van der Waals surface area contributed by atoms with E-state index in [4.69, 9.17) is 0 Å². The van der Waals surface area contributed by atoms with E-state index in [-0.39, 0.29) is 11.9 Å². The van der Waals surface area contributed by atoms with Gasteiger partial charge in [0.1, 0.15) is 5.82 Å². The zero-order valence-corrected chi connectivity index (χ0v) is 15.9. The van der Waals surface area contributed by atoms with E-state index in [1.165, 1.54) is 6.07 Å². The number of nitrogens with zero attached hydrogens (tertiary/aromatic N) is 3. The summed E-state index contributed by atoms with van der Waals surface area (Å²) in [6.07, 6.45) is 4.19. The largest absolute Gasteiger partial charge is 0.416 e. The van der Waals surface area contributed by atoms with Crippen LogP contribution in [-0.2, 0) is 11.0 Å². The molecular weight excluding hydrogens is 367 g/mol. The van der Waals surface area contributed by atoms with E-state index in [1.54, 1.807) is 0 Å². The van der Waals surface area contributed by atoms with Crippen molar-refractivity contribution < 1.29 is 18.0 Å². The fourth-order valence-corrected chi connectivity index (χ4v) is 4.45. The van der Waals surface area contributed by atoms with Crippen molar-refractivity contribution in [3.8, 4) is 0 Å². The standard InChI is InChI=1S/C21H24F3N3O/c1-14-25-18-13-16(21(22,23)24)6-7-19(18)27(14)17-8-10-26(11-9-17)20(28)12-15-4-2-3-5-15/h2,4,6-7,13,15,17H,3,5,8-12H2,1H3. The lowest BCUT2D eigenvalue weighted by molar-refractivity contribution is -0.137. The number of amides is 1. The lowest BCUT2D eigenvalue weighted by Gasteiger charge is -2.34. The predicted molar refractivity (Wildman–Crippen MR) is 101 cm³/mol. The maximum atomic E-state index is 13.0. The number of imidazole rings is 1. The Labute approximate surface area is 162 Å². The number of carbonyl (C=O) groups is 1. The van der Waals surface area contributed by atoms with E-state index in [0.29, 0.717) is 30.9 Å².